The highest BCUT2D eigenvalue weighted by Gasteiger charge is 2.66. The standard InChI is InChI=1S/C12H10Br2N2O2S/c13-8-4-3-5(9(8)14)7-6(4)10(17)16(11(7)18)12-15-1-2-19-12/h1-2,4-9H,3H2/t4-,5-,6-,7-,8-,9+/m0/s1. The minimum Gasteiger partial charge on any atom is -0.274 e. The van der Waals surface area contributed by atoms with Crippen LogP contribution in [0.15, 0.2) is 11.6 Å². The van der Waals surface area contributed by atoms with E-state index < -0.39 is 0 Å². The molecule has 100 valence electrons. The Hall–Kier alpha value is -0.270. The predicted molar refractivity (Wildman–Crippen MR) is 78.6 cm³/mol. The molecule has 3 aliphatic rings. The first-order valence-electron chi connectivity index (χ1n) is 6.16. The molecule has 1 aromatic rings. The molecule has 1 aromatic heterocycles. The molecule has 2 saturated carbocycles. The third-order valence-electron chi connectivity index (χ3n) is 4.60. The summed E-state index contributed by atoms with van der Waals surface area (Å²) in [7, 11) is 0. The van der Waals surface area contributed by atoms with Crippen LogP contribution in [0.4, 0.5) is 5.13 Å². The van der Waals surface area contributed by atoms with E-state index >= 15 is 0 Å². The second-order valence-corrected chi connectivity index (χ2v) is 8.32. The molecule has 4 rings (SSSR count). The molecule has 6 atom stereocenters. The van der Waals surface area contributed by atoms with Crippen molar-refractivity contribution < 1.29 is 9.59 Å². The van der Waals surface area contributed by atoms with Gasteiger partial charge in [-0.15, -0.1) is 11.3 Å². The fourth-order valence-corrected chi connectivity index (χ4v) is 6.39. The predicted octanol–water partition coefficient (Wildman–Crippen LogP) is 2.43. The number of amides is 2. The van der Waals surface area contributed by atoms with Crippen LogP contribution < -0.4 is 4.90 Å². The van der Waals surface area contributed by atoms with E-state index in [-0.39, 0.29) is 45.1 Å². The van der Waals surface area contributed by atoms with Crippen molar-refractivity contribution in [2.45, 2.75) is 16.1 Å². The van der Waals surface area contributed by atoms with E-state index in [1.807, 2.05) is 0 Å². The van der Waals surface area contributed by atoms with Gasteiger partial charge in [0, 0.05) is 21.2 Å². The first kappa shape index (κ1) is 12.5. The lowest BCUT2D eigenvalue weighted by Gasteiger charge is -2.28. The quantitative estimate of drug-likeness (QED) is 0.532. The van der Waals surface area contributed by atoms with Gasteiger partial charge in [0.25, 0.3) is 0 Å². The molecule has 1 aliphatic heterocycles. The summed E-state index contributed by atoms with van der Waals surface area (Å²) in [6, 6.07) is 0. The van der Waals surface area contributed by atoms with Crippen LogP contribution in [-0.2, 0) is 9.59 Å². The van der Waals surface area contributed by atoms with Crippen LogP contribution in [0.25, 0.3) is 0 Å². The number of hydrogen-bond acceptors (Lipinski definition) is 4. The molecule has 7 heteroatoms. The van der Waals surface area contributed by atoms with Gasteiger partial charge < -0.3 is 0 Å². The maximum Gasteiger partial charge on any atom is 0.239 e. The monoisotopic (exact) mass is 404 g/mol. The molecule has 3 fully saturated rings. The van der Waals surface area contributed by atoms with Crippen LogP contribution in [0, 0.1) is 23.7 Å². The summed E-state index contributed by atoms with van der Waals surface area (Å²) in [6.07, 6.45) is 2.59. The number of nitrogens with zero attached hydrogens (tertiary/aromatic N) is 2. The Balaban J connectivity index is 1.76. The van der Waals surface area contributed by atoms with Crippen molar-refractivity contribution in [1.82, 2.24) is 4.98 Å². The first-order valence-corrected chi connectivity index (χ1v) is 8.88. The Labute approximate surface area is 130 Å². The lowest BCUT2D eigenvalue weighted by atomic mass is 9.81. The lowest BCUT2D eigenvalue weighted by molar-refractivity contribution is -0.123. The third kappa shape index (κ3) is 1.46. The number of thiazole rings is 1. The Morgan fingerprint density at radius 3 is 2.21 bits per heavy atom. The van der Waals surface area contributed by atoms with Gasteiger partial charge in [-0.05, 0) is 18.3 Å². The van der Waals surface area contributed by atoms with Gasteiger partial charge in [-0.25, -0.2) is 9.88 Å². The molecular weight excluding hydrogens is 396 g/mol. The largest absolute Gasteiger partial charge is 0.274 e. The SMILES string of the molecule is O=C1[C@H]2[C@@H]3C[C@H]([C@@H](Br)[C@H]3Br)[C@@H]2C(=O)N1c1nccs1. The summed E-state index contributed by atoms with van der Waals surface area (Å²) in [6.45, 7) is 0. The summed E-state index contributed by atoms with van der Waals surface area (Å²) in [5.41, 5.74) is 0. The number of carbonyl (C=O) groups is 2. The molecule has 2 bridgehead atoms. The van der Waals surface area contributed by atoms with Crippen molar-refractivity contribution in [2.24, 2.45) is 23.7 Å². The molecule has 0 aromatic carbocycles. The summed E-state index contributed by atoms with van der Waals surface area (Å²) in [4.78, 5) is 31.1. The van der Waals surface area contributed by atoms with Crippen molar-refractivity contribution in [3.63, 3.8) is 0 Å². The fraction of sp³-hybridized carbons (Fsp3) is 0.583. The van der Waals surface area contributed by atoms with E-state index in [0.717, 1.165) is 6.42 Å². The number of rotatable bonds is 1. The van der Waals surface area contributed by atoms with Crippen LogP contribution in [0.1, 0.15) is 6.42 Å². The molecule has 19 heavy (non-hydrogen) atoms. The summed E-state index contributed by atoms with van der Waals surface area (Å²) >= 11 is 8.68. The second-order valence-electron chi connectivity index (χ2n) is 5.33. The number of hydrogen-bond donors (Lipinski definition) is 0. The van der Waals surface area contributed by atoms with Gasteiger partial charge in [-0.1, -0.05) is 31.9 Å². The van der Waals surface area contributed by atoms with Crippen molar-refractivity contribution in [3.05, 3.63) is 11.6 Å². The van der Waals surface area contributed by atoms with E-state index in [1.54, 1.807) is 11.6 Å². The highest BCUT2D eigenvalue weighted by Crippen LogP contribution is 2.60. The van der Waals surface area contributed by atoms with Gasteiger partial charge in [0.1, 0.15) is 0 Å². The zero-order valence-electron chi connectivity index (χ0n) is 9.70. The highest BCUT2D eigenvalue weighted by atomic mass is 79.9. The third-order valence-corrected chi connectivity index (χ3v) is 8.56. The number of carbonyl (C=O) groups excluding carboxylic acids is 2. The van der Waals surface area contributed by atoms with Crippen LogP contribution in [0.2, 0.25) is 0 Å². The maximum atomic E-state index is 12.6. The number of anilines is 1. The zero-order valence-corrected chi connectivity index (χ0v) is 13.7. The Morgan fingerprint density at radius 2 is 1.74 bits per heavy atom. The minimum absolute atomic E-state index is 0.0544. The maximum absolute atomic E-state index is 12.6. The van der Waals surface area contributed by atoms with E-state index in [1.165, 1.54) is 16.2 Å². The first-order chi connectivity index (χ1) is 9.11. The van der Waals surface area contributed by atoms with Crippen molar-refractivity contribution >= 4 is 60.1 Å². The molecule has 0 radical (unpaired) electrons. The molecular formula is C12H10Br2N2O2S. The molecule has 2 aliphatic carbocycles. The van der Waals surface area contributed by atoms with Crippen molar-refractivity contribution in [1.29, 1.82) is 0 Å². The van der Waals surface area contributed by atoms with Crippen molar-refractivity contribution in [3.8, 4) is 0 Å². The molecule has 0 unspecified atom stereocenters. The van der Waals surface area contributed by atoms with Gasteiger partial charge in [-0.2, -0.15) is 0 Å². The van der Waals surface area contributed by atoms with E-state index in [4.69, 9.17) is 0 Å². The van der Waals surface area contributed by atoms with Crippen LogP contribution in [-0.4, -0.2) is 26.5 Å². The normalized spacial score (nSPS) is 44.2. The summed E-state index contributed by atoms with van der Waals surface area (Å²) < 4.78 is 0. The Morgan fingerprint density at radius 1 is 1.16 bits per heavy atom. The summed E-state index contributed by atoms with van der Waals surface area (Å²) in [5.74, 6) is 0.114. The lowest BCUT2D eigenvalue weighted by Crippen LogP contribution is -2.37. The number of aromatic nitrogens is 1. The van der Waals surface area contributed by atoms with Crippen molar-refractivity contribution in [2.75, 3.05) is 4.90 Å². The van der Waals surface area contributed by atoms with E-state index in [0.29, 0.717) is 5.13 Å². The topological polar surface area (TPSA) is 50.3 Å². The Bertz CT molecular complexity index is 532. The number of imide groups is 1. The van der Waals surface area contributed by atoms with E-state index in [2.05, 4.69) is 36.8 Å². The summed E-state index contributed by atoms with van der Waals surface area (Å²) in [5, 5.41) is 2.31. The average molecular weight is 406 g/mol. The zero-order chi connectivity index (χ0) is 13.3. The average Bonchev–Trinajstić information content (AvgIpc) is 3.10. The smallest absolute Gasteiger partial charge is 0.239 e. The number of alkyl halides is 2. The van der Waals surface area contributed by atoms with Gasteiger partial charge >= 0.3 is 0 Å². The molecule has 0 spiro atoms. The van der Waals surface area contributed by atoms with Gasteiger partial charge in [0.05, 0.1) is 11.8 Å². The molecule has 1 saturated heterocycles. The Kier molecular flexibility index (Phi) is 2.70. The number of halogens is 2. The van der Waals surface area contributed by atoms with Crippen LogP contribution in [0.3, 0.4) is 0 Å². The van der Waals surface area contributed by atoms with Gasteiger partial charge in [0.15, 0.2) is 5.13 Å². The van der Waals surface area contributed by atoms with Gasteiger partial charge in [0.2, 0.25) is 11.8 Å². The molecule has 2 amide bonds. The van der Waals surface area contributed by atoms with E-state index in [9.17, 15) is 9.59 Å². The highest BCUT2D eigenvalue weighted by molar-refractivity contribution is 9.12. The van der Waals surface area contributed by atoms with Crippen LogP contribution >= 0.6 is 43.2 Å². The molecule has 0 N–H and O–H groups in total. The van der Waals surface area contributed by atoms with Gasteiger partial charge in [-0.3, -0.25) is 9.59 Å². The fourth-order valence-electron chi connectivity index (χ4n) is 3.86. The van der Waals surface area contributed by atoms with Crippen LogP contribution in [0.5, 0.6) is 0 Å². The second kappa shape index (κ2) is 4.11. The minimum atomic E-state index is -0.153. The molecule has 4 nitrogen and oxygen atoms in total. The molecule has 2 heterocycles. The number of fused-ring (bicyclic) bond motifs is 5.